The zero-order valence-corrected chi connectivity index (χ0v) is 9.55. The number of Topliss-reactive ketones (excluding diaryl/α,β-unsaturated/α-hetero) is 1. The molecule has 1 aromatic rings. The molecule has 0 aromatic carbocycles. The lowest BCUT2D eigenvalue weighted by atomic mass is 9.93. The molecule has 0 saturated heterocycles. The molecule has 0 atom stereocenters. The normalized spacial score (nSPS) is 14.8. The standard InChI is InChI=1S/C12H15NO3/c1-3-16-12(15)10-7(2)13-8-5-4-6-9(14)11(8)10/h13H,3-6H2,1-2H3. The lowest BCUT2D eigenvalue weighted by molar-refractivity contribution is 0.0522. The van der Waals surface area contributed by atoms with E-state index >= 15 is 0 Å². The minimum absolute atomic E-state index is 0.0497. The summed E-state index contributed by atoms with van der Waals surface area (Å²) in [6.45, 7) is 3.89. The van der Waals surface area contributed by atoms with Gasteiger partial charge in [0.1, 0.15) is 0 Å². The van der Waals surface area contributed by atoms with E-state index in [-0.39, 0.29) is 5.78 Å². The van der Waals surface area contributed by atoms with Crippen LogP contribution in [0.2, 0.25) is 0 Å². The molecule has 0 bridgehead atoms. The SMILES string of the molecule is CCOC(=O)c1c(C)[nH]c2c1C(=O)CCC2. The number of aryl methyl sites for hydroxylation is 2. The number of aromatic nitrogens is 1. The van der Waals surface area contributed by atoms with E-state index in [1.807, 2.05) is 0 Å². The third-order valence-corrected chi connectivity index (χ3v) is 2.85. The summed E-state index contributed by atoms with van der Waals surface area (Å²) >= 11 is 0. The fourth-order valence-electron chi connectivity index (χ4n) is 2.19. The molecular weight excluding hydrogens is 206 g/mol. The van der Waals surface area contributed by atoms with E-state index in [0.717, 1.165) is 24.2 Å². The highest BCUT2D eigenvalue weighted by molar-refractivity contribution is 6.08. The van der Waals surface area contributed by atoms with E-state index in [0.29, 0.717) is 24.2 Å². The van der Waals surface area contributed by atoms with Gasteiger partial charge in [0.15, 0.2) is 5.78 Å². The predicted octanol–water partition coefficient (Wildman–Crippen LogP) is 2.02. The van der Waals surface area contributed by atoms with Gasteiger partial charge in [0.05, 0.1) is 17.7 Å². The van der Waals surface area contributed by atoms with Gasteiger partial charge in [0.25, 0.3) is 0 Å². The number of fused-ring (bicyclic) bond motifs is 1. The van der Waals surface area contributed by atoms with Crippen LogP contribution in [-0.2, 0) is 11.2 Å². The molecule has 0 saturated carbocycles. The molecule has 1 aliphatic carbocycles. The first-order valence-corrected chi connectivity index (χ1v) is 5.57. The Labute approximate surface area is 94.0 Å². The topological polar surface area (TPSA) is 59.2 Å². The average Bonchev–Trinajstić information content (AvgIpc) is 2.56. The maximum absolute atomic E-state index is 11.8. The Morgan fingerprint density at radius 1 is 1.44 bits per heavy atom. The van der Waals surface area contributed by atoms with E-state index in [4.69, 9.17) is 4.74 Å². The molecular formula is C12H15NO3. The van der Waals surface area contributed by atoms with Gasteiger partial charge in [-0.3, -0.25) is 4.79 Å². The number of carbonyl (C=O) groups excluding carboxylic acids is 2. The number of esters is 1. The minimum atomic E-state index is -0.396. The highest BCUT2D eigenvalue weighted by atomic mass is 16.5. The molecule has 0 aliphatic heterocycles. The van der Waals surface area contributed by atoms with Gasteiger partial charge < -0.3 is 9.72 Å². The summed E-state index contributed by atoms with van der Waals surface area (Å²) in [4.78, 5) is 26.7. The van der Waals surface area contributed by atoms with Gasteiger partial charge >= 0.3 is 5.97 Å². The Balaban J connectivity index is 2.48. The van der Waals surface area contributed by atoms with Crippen molar-refractivity contribution in [1.29, 1.82) is 0 Å². The van der Waals surface area contributed by atoms with Gasteiger partial charge in [-0.25, -0.2) is 4.79 Å². The summed E-state index contributed by atoms with van der Waals surface area (Å²) in [6.07, 6.45) is 2.21. The molecule has 16 heavy (non-hydrogen) atoms. The van der Waals surface area contributed by atoms with Crippen molar-refractivity contribution in [2.75, 3.05) is 6.61 Å². The first kappa shape index (κ1) is 10.9. The van der Waals surface area contributed by atoms with Crippen molar-refractivity contribution in [2.24, 2.45) is 0 Å². The predicted molar refractivity (Wildman–Crippen MR) is 58.8 cm³/mol. The second kappa shape index (κ2) is 4.12. The van der Waals surface area contributed by atoms with Crippen LogP contribution in [0.4, 0.5) is 0 Å². The average molecular weight is 221 g/mol. The molecule has 0 amide bonds. The van der Waals surface area contributed by atoms with Gasteiger partial charge in [0.2, 0.25) is 0 Å². The largest absolute Gasteiger partial charge is 0.462 e. The summed E-state index contributed by atoms with van der Waals surface area (Å²) in [5.41, 5.74) is 2.61. The van der Waals surface area contributed by atoms with Crippen LogP contribution in [0.5, 0.6) is 0 Å². The highest BCUT2D eigenvalue weighted by Crippen LogP contribution is 2.27. The Kier molecular flexibility index (Phi) is 2.81. The van der Waals surface area contributed by atoms with Gasteiger partial charge in [-0.15, -0.1) is 0 Å². The van der Waals surface area contributed by atoms with Gasteiger partial charge in [-0.1, -0.05) is 0 Å². The zero-order valence-electron chi connectivity index (χ0n) is 9.55. The molecule has 86 valence electrons. The fraction of sp³-hybridized carbons (Fsp3) is 0.500. The summed E-state index contributed by atoms with van der Waals surface area (Å²) in [5, 5.41) is 0. The Morgan fingerprint density at radius 2 is 2.19 bits per heavy atom. The molecule has 0 spiro atoms. The third-order valence-electron chi connectivity index (χ3n) is 2.85. The molecule has 0 unspecified atom stereocenters. The van der Waals surface area contributed by atoms with Crippen molar-refractivity contribution < 1.29 is 14.3 Å². The molecule has 0 radical (unpaired) electrons. The molecule has 4 nitrogen and oxygen atoms in total. The quantitative estimate of drug-likeness (QED) is 0.777. The van der Waals surface area contributed by atoms with Crippen LogP contribution < -0.4 is 0 Å². The number of carbonyl (C=O) groups is 2. The van der Waals surface area contributed by atoms with E-state index in [9.17, 15) is 9.59 Å². The number of nitrogens with one attached hydrogen (secondary N) is 1. The highest BCUT2D eigenvalue weighted by Gasteiger charge is 2.28. The zero-order chi connectivity index (χ0) is 11.7. The second-order valence-corrected chi connectivity index (χ2v) is 3.98. The van der Waals surface area contributed by atoms with Crippen molar-refractivity contribution in [1.82, 2.24) is 4.98 Å². The molecule has 2 rings (SSSR count). The smallest absolute Gasteiger partial charge is 0.340 e. The van der Waals surface area contributed by atoms with Crippen molar-refractivity contribution in [2.45, 2.75) is 33.1 Å². The monoisotopic (exact) mass is 221 g/mol. The number of hydrogen-bond donors (Lipinski definition) is 1. The molecule has 4 heteroatoms. The number of rotatable bonds is 2. The third kappa shape index (κ3) is 1.64. The summed E-state index contributed by atoms with van der Waals surface area (Å²) in [6, 6.07) is 0. The number of ketones is 1. The number of H-pyrrole nitrogens is 1. The summed E-state index contributed by atoms with van der Waals surface area (Å²) in [5.74, 6) is -0.346. The van der Waals surface area contributed by atoms with Gasteiger partial charge in [-0.05, 0) is 26.7 Å². The summed E-state index contributed by atoms with van der Waals surface area (Å²) < 4.78 is 4.97. The van der Waals surface area contributed by atoms with Crippen LogP contribution >= 0.6 is 0 Å². The first-order chi connectivity index (χ1) is 7.65. The molecule has 0 fully saturated rings. The van der Waals surface area contributed by atoms with Crippen molar-refractivity contribution in [3.63, 3.8) is 0 Å². The van der Waals surface area contributed by atoms with Crippen LogP contribution in [-0.4, -0.2) is 23.3 Å². The maximum Gasteiger partial charge on any atom is 0.340 e. The minimum Gasteiger partial charge on any atom is -0.462 e. The second-order valence-electron chi connectivity index (χ2n) is 3.98. The molecule has 1 aromatic heterocycles. The number of hydrogen-bond acceptors (Lipinski definition) is 3. The Bertz CT molecular complexity index is 445. The van der Waals surface area contributed by atoms with Crippen molar-refractivity contribution >= 4 is 11.8 Å². The first-order valence-electron chi connectivity index (χ1n) is 5.57. The van der Waals surface area contributed by atoms with Gasteiger partial charge in [-0.2, -0.15) is 0 Å². The number of aromatic amines is 1. The van der Waals surface area contributed by atoms with Crippen LogP contribution in [0.1, 0.15) is 51.9 Å². The van der Waals surface area contributed by atoms with Crippen LogP contribution in [0.15, 0.2) is 0 Å². The van der Waals surface area contributed by atoms with Crippen molar-refractivity contribution in [3.8, 4) is 0 Å². The molecule has 1 heterocycles. The number of ether oxygens (including phenoxy) is 1. The van der Waals surface area contributed by atoms with Crippen LogP contribution in [0, 0.1) is 6.92 Å². The lowest BCUT2D eigenvalue weighted by Crippen LogP contribution is -2.15. The molecule has 1 aliphatic rings. The Hall–Kier alpha value is -1.58. The van der Waals surface area contributed by atoms with E-state index in [1.54, 1.807) is 13.8 Å². The Morgan fingerprint density at radius 3 is 2.88 bits per heavy atom. The maximum atomic E-state index is 11.8. The van der Waals surface area contributed by atoms with E-state index in [2.05, 4.69) is 4.98 Å². The van der Waals surface area contributed by atoms with Crippen LogP contribution in [0.25, 0.3) is 0 Å². The summed E-state index contributed by atoms with van der Waals surface area (Å²) in [7, 11) is 0. The van der Waals surface area contributed by atoms with E-state index < -0.39 is 5.97 Å². The lowest BCUT2D eigenvalue weighted by Gasteiger charge is -2.11. The van der Waals surface area contributed by atoms with Gasteiger partial charge in [0, 0.05) is 17.8 Å². The van der Waals surface area contributed by atoms with Crippen molar-refractivity contribution in [3.05, 3.63) is 22.5 Å². The fourth-order valence-corrected chi connectivity index (χ4v) is 2.19. The van der Waals surface area contributed by atoms with Crippen LogP contribution in [0.3, 0.4) is 0 Å². The van der Waals surface area contributed by atoms with E-state index in [1.165, 1.54) is 0 Å². The molecule has 1 N–H and O–H groups in total.